The molecule has 1 saturated heterocycles. The van der Waals surface area contributed by atoms with E-state index in [1.54, 1.807) is 6.26 Å². The van der Waals surface area contributed by atoms with E-state index in [9.17, 15) is 4.79 Å². The summed E-state index contributed by atoms with van der Waals surface area (Å²) >= 11 is 0. The highest BCUT2D eigenvalue weighted by Gasteiger charge is 2.22. The number of carbonyl (C=O) groups excluding carboxylic acids is 1. The van der Waals surface area contributed by atoms with Crippen LogP contribution in [0.25, 0.3) is 0 Å². The smallest absolute Gasteiger partial charge is 0.227 e. The third-order valence-electron chi connectivity index (χ3n) is 5.67. The number of guanidine groups is 1. The fraction of sp³-hybridized carbons (Fsp3) is 0.500. The number of nitrogens with one attached hydrogen (secondary N) is 2. The van der Waals surface area contributed by atoms with Crippen molar-refractivity contribution < 1.29 is 9.21 Å². The van der Waals surface area contributed by atoms with Crippen LogP contribution in [0.3, 0.4) is 0 Å². The first-order valence-electron chi connectivity index (χ1n) is 11.3. The maximum atomic E-state index is 11.9. The molecule has 1 aliphatic heterocycles. The van der Waals surface area contributed by atoms with Crippen molar-refractivity contribution in [2.75, 3.05) is 37.6 Å². The molecule has 8 heteroatoms. The summed E-state index contributed by atoms with van der Waals surface area (Å²) in [6.07, 6.45) is 3.32. The number of furan rings is 1. The molecule has 2 aromatic rings. The standard InChI is InChI=1S/C24H35N5O2.HI/c1-4-25-24(27-18-21(28(5-2)6-3)22-9-8-16-31-22)26-17-19-11-13-20(14-12-19)29-15-7-10-23(29)30;/h8-9,11-14,16,21H,4-7,10,15,17-18H2,1-3H3,(H2,25,26,27);1H. The first-order valence-corrected chi connectivity index (χ1v) is 11.3. The minimum absolute atomic E-state index is 0. The van der Waals surface area contributed by atoms with Gasteiger partial charge < -0.3 is 20.0 Å². The van der Waals surface area contributed by atoms with E-state index in [4.69, 9.17) is 9.41 Å². The van der Waals surface area contributed by atoms with Gasteiger partial charge in [0.15, 0.2) is 5.96 Å². The highest BCUT2D eigenvalue weighted by Crippen LogP contribution is 2.22. The molecule has 0 saturated carbocycles. The summed E-state index contributed by atoms with van der Waals surface area (Å²) in [6, 6.07) is 12.2. The molecular formula is C24H36IN5O2. The molecule has 3 rings (SSSR count). The summed E-state index contributed by atoms with van der Waals surface area (Å²) in [5, 5.41) is 6.80. The number of likely N-dealkylation sites (N-methyl/N-ethyl adjacent to an activating group) is 1. The van der Waals surface area contributed by atoms with Crippen molar-refractivity contribution in [1.82, 2.24) is 15.5 Å². The second-order valence-corrected chi connectivity index (χ2v) is 7.64. The number of rotatable bonds is 10. The van der Waals surface area contributed by atoms with E-state index in [1.807, 2.05) is 29.2 Å². The second kappa shape index (κ2) is 13.5. The van der Waals surface area contributed by atoms with Crippen LogP contribution in [0.5, 0.6) is 0 Å². The Bertz CT molecular complexity index is 835. The average molecular weight is 553 g/mol. The number of aliphatic imine (C=N–C) groups is 1. The van der Waals surface area contributed by atoms with E-state index < -0.39 is 0 Å². The molecule has 1 amide bonds. The lowest BCUT2D eigenvalue weighted by atomic mass is 10.2. The van der Waals surface area contributed by atoms with Crippen molar-refractivity contribution in [2.24, 2.45) is 4.99 Å². The maximum absolute atomic E-state index is 11.9. The van der Waals surface area contributed by atoms with Crippen LogP contribution in [0.2, 0.25) is 0 Å². The van der Waals surface area contributed by atoms with Crippen molar-refractivity contribution in [1.29, 1.82) is 0 Å². The molecule has 0 radical (unpaired) electrons. The topological polar surface area (TPSA) is 73.1 Å². The number of carbonyl (C=O) groups is 1. The number of hydrogen-bond acceptors (Lipinski definition) is 4. The summed E-state index contributed by atoms with van der Waals surface area (Å²) in [7, 11) is 0. The number of amides is 1. The summed E-state index contributed by atoms with van der Waals surface area (Å²) < 4.78 is 5.69. The fourth-order valence-electron chi connectivity index (χ4n) is 3.96. The summed E-state index contributed by atoms with van der Waals surface area (Å²) in [5.74, 6) is 1.95. The monoisotopic (exact) mass is 553 g/mol. The third-order valence-corrected chi connectivity index (χ3v) is 5.67. The Hall–Kier alpha value is -2.07. The summed E-state index contributed by atoms with van der Waals surface area (Å²) in [4.78, 5) is 20.9. The molecular weight excluding hydrogens is 517 g/mol. The molecule has 1 unspecified atom stereocenters. The minimum atomic E-state index is 0. The van der Waals surface area contributed by atoms with E-state index in [0.29, 0.717) is 19.5 Å². The average Bonchev–Trinajstić information content (AvgIpc) is 3.47. The fourth-order valence-corrected chi connectivity index (χ4v) is 3.96. The Kier molecular flexibility index (Phi) is 11.0. The van der Waals surface area contributed by atoms with Crippen molar-refractivity contribution in [3.8, 4) is 0 Å². The van der Waals surface area contributed by atoms with Crippen LogP contribution in [-0.4, -0.2) is 49.5 Å². The third kappa shape index (κ3) is 6.96. The van der Waals surface area contributed by atoms with E-state index in [-0.39, 0.29) is 35.9 Å². The van der Waals surface area contributed by atoms with Gasteiger partial charge in [-0.1, -0.05) is 26.0 Å². The Morgan fingerprint density at radius 1 is 1.16 bits per heavy atom. The molecule has 0 aliphatic carbocycles. The predicted molar refractivity (Wildman–Crippen MR) is 141 cm³/mol. The Balaban J connectivity index is 0.00000363. The maximum Gasteiger partial charge on any atom is 0.227 e. The second-order valence-electron chi connectivity index (χ2n) is 7.64. The number of anilines is 1. The lowest BCUT2D eigenvalue weighted by molar-refractivity contribution is -0.117. The van der Waals surface area contributed by atoms with E-state index >= 15 is 0 Å². The number of nitrogens with zero attached hydrogens (tertiary/aromatic N) is 3. The van der Waals surface area contributed by atoms with Gasteiger partial charge in [0.05, 0.1) is 18.8 Å². The lowest BCUT2D eigenvalue weighted by Gasteiger charge is -2.28. The van der Waals surface area contributed by atoms with Crippen LogP contribution in [0.1, 0.15) is 51.0 Å². The number of benzene rings is 1. The normalized spacial score (nSPS) is 15.1. The molecule has 1 aliphatic rings. The largest absolute Gasteiger partial charge is 0.468 e. The molecule has 2 heterocycles. The van der Waals surface area contributed by atoms with E-state index in [2.05, 4.69) is 48.4 Å². The van der Waals surface area contributed by atoms with E-state index in [0.717, 1.165) is 55.6 Å². The summed E-state index contributed by atoms with van der Waals surface area (Å²) in [6.45, 7) is 11.2. The Morgan fingerprint density at radius 3 is 2.47 bits per heavy atom. The zero-order valence-electron chi connectivity index (χ0n) is 19.3. The zero-order valence-corrected chi connectivity index (χ0v) is 21.7. The molecule has 1 fully saturated rings. The molecule has 2 N–H and O–H groups in total. The van der Waals surface area contributed by atoms with Crippen molar-refractivity contribution in [3.63, 3.8) is 0 Å². The van der Waals surface area contributed by atoms with Crippen LogP contribution in [0.15, 0.2) is 52.1 Å². The van der Waals surface area contributed by atoms with Gasteiger partial charge in [0.1, 0.15) is 5.76 Å². The van der Waals surface area contributed by atoms with Gasteiger partial charge in [0.25, 0.3) is 0 Å². The minimum Gasteiger partial charge on any atom is -0.468 e. The Morgan fingerprint density at radius 2 is 1.91 bits per heavy atom. The van der Waals surface area contributed by atoms with Gasteiger partial charge in [-0.2, -0.15) is 0 Å². The highest BCUT2D eigenvalue weighted by molar-refractivity contribution is 14.0. The van der Waals surface area contributed by atoms with Crippen LogP contribution >= 0.6 is 24.0 Å². The predicted octanol–water partition coefficient (Wildman–Crippen LogP) is 4.16. The highest BCUT2D eigenvalue weighted by atomic mass is 127. The lowest BCUT2D eigenvalue weighted by Crippen LogP contribution is -2.43. The molecule has 0 bridgehead atoms. The first-order chi connectivity index (χ1) is 15.2. The van der Waals surface area contributed by atoms with Gasteiger partial charge in [-0.25, -0.2) is 4.99 Å². The van der Waals surface area contributed by atoms with Crippen LogP contribution < -0.4 is 15.5 Å². The molecule has 1 aromatic heterocycles. The molecule has 0 spiro atoms. The van der Waals surface area contributed by atoms with Crippen LogP contribution in [0, 0.1) is 0 Å². The quantitative estimate of drug-likeness (QED) is 0.263. The van der Waals surface area contributed by atoms with Gasteiger partial charge in [0, 0.05) is 31.7 Å². The van der Waals surface area contributed by atoms with Crippen molar-refractivity contribution in [2.45, 2.75) is 46.2 Å². The van der Waals surface area contributed by atoms with Gasteiger partial charge in [-0.3, -0.25) is 9.69 Å². The van der Waals surface area contributed by atoms with Crippen molar-refractivity contribution >= 4 is 41.5 Å². The molecule has 1 atom stereocenters. The van der Waals surface area contributed by atoms with Crippen molar-refractivity contribution in [3.05, 3.63) is 54.0 Å². The van der Waals surface area contributed by atoms with Crippen LogP contribution in [-0.2, 0) is 11.3 Å². The molecule has 176 valence electrons. The SMILES string of the molecule is CCNC(=NCc1ccc(N2CCCC2=O)cc1)NCC(c1ccco1)N(CC)CC.I. The number of hydrogen-bond donors (Lipinski definition) is 2. The molecule has 1 aromatic carbocycles. The molecule has 7 nitrogen and oxygen atoms in total. The zero-order chi connectivity index (χ0) is 22.1. The van der Waals surface area contributed by atoms with Gasteiger partial charge in [-0.15, -0.1) is 24.0 Å². The molecule has 32 heavy (non-hydrogen) atoms. The first kappa shape index (κ1) is 26.2. The van der Waals surface area contributed by atoms with Gasteiger partial charge in [-0.05, 0) is 56.3 Å². The van der Waals surface area contributed by atoms with Gasteiger partial charge in [0.2, 0.25) is 5.91 Å². The van der Waals surface area contributed by atoms with Crippen LogP contribution in [0.4, 0.5) is 5.69 Å². The summed E-state index contributed by atoms with van der Waals surface area (Å²) in [5.41, 5.74) is 2.08. The van der Waals surface area contributed by atoms with Gasteiger partial charge >= 0.3 is 0 Å². The van der Waals surface area contributed by atoms with E-state index in [1.165, 1.54) is 0 Å². The number of halogens is 1. The Labute approximate surface area is 208 Å².